The molecule has 0 amide bonds. The molecule has 0 spiro atoms. The lowest BCUT2D eigenvalue weighted by atomic mass is 10.0. The van der Waals surface area contributed by atoms with Gasteiger partial charge in [0.25, 0.3) is 5.56 Å². The van der Waals surface area contributed by atoms with Crippen molar-refractivity contribution in [2.75, 3.05) is 6.79 Å². The van der Waals surface area contributed by atoms with Gasteiger partial charge in [-0.15, -0.1) is 0 Å². The van der Waals surface area contributed by atoms with E-state index in [1.165, 1.54) is 0 Å². The lowest BCUT2D eigenvalue weighted by molar-refractivity contribution is -0.145. The number of fused-ring (bicyclic) bond motifs is 1. The van der Waals surface area contributed by atoms with Gasteiger partial charge in [-0.25, -0.2) is 4.79 Å². The molecule has 5 nitrogen and oxygen atoms in total. The van der Waals surface area contributed by atoms with Gasteiger partial charge in [0, 0.05) is 17.7 Å². The van der Waals surface area contributed by atoms with Crippen LogP contribution in [0.5, 0.6) is 5.75 Å². The van der Waals surface area contributed by atoms with Crippen LogP contribution in [0.3, 0.4) is 0 Å². The first kappa shape index (κ1) is 20.4. The normalized spacial score (nSPS) is 10.7. The number of carbonyl (C=O) groups is 1. The van der Waals surface area contributed by atoms with Crippen LogP contribution < -0.4 is 10.3 Å². The minimum atomic E-state index is -0.495. The molecular formula is C24H25NO4. The Morgan fingerprint density at radius 1 is 1.10 bits per heavy atom. The van der Waals surface area contributed by atoms with Crippen molar-refractivity contribution < 1.29 is 14.3 Å². The molecule has 5 heteroatoms. The summed E-state index contributed by atoms with van der Waals surface area (Å²) < 4.78 is 12.2. The number of aromatic nitrogens is 1. The molecule has 0 aliphatic rings. The van der Waals surface area contributed by atoms with Crippen LogP contribution in [-0.4, -0.2) is 17.3 Å². The Morgan fingerprint density at radius 3 is 2.52 bits per heavy atom. The predicted octanol–water partition coefficient (Wildman–Crippen LogP) is 4.92. The second kappa shape index (κ2) is 9.24. The first-order valence-electron chi connectivity index (χ1n) is 9.69. The minimum absolute atomic E-state index is 0.00112. The van der Waals surface area contributed by atoms with Gasteiger partial charge in [-0.2, -0.15) is 0 Å². The minimum Gasteiger partial charge on any atom is -0.457 e. The number of benzene rings is 2. The Balaban J connectivity index is 1.86. The summed E-state index contributed by atoms with van der Waals surface area (Å²) in [4.78, 5) is 24.5. The Kier molecular flexibility index (Phi) is 6.50. The first-order valence-corrected chi connectivity index (χ1v) is 9.69. The molecule has 0 aliphatic carbocycles. The predicted molar refractivity (Wildman–Crippen MR) is 115 cm³/mol. The highest BCUT2D eigenvalue weighted by molar-refractivity contribution is 5.87. The van der Waals surface area contributed by atoms with Crippen molar-refractivity contribution in [3.05, 3.63) is 77.1 Å². The maximum Gasteiger partial charge on any atom is 0.335 e. The molecule has 1 heterocycles. The maximum atomic E-state index is 13.2. The average molecular weight is 391 g/mol. The molecule has 0 radical (unpaired) electrons. The Hall–Kier alpha value is -3.34. The quantitative estimate of drug-likeness (QED) is 0.311. The second-order valence-electron chi connectivity index (χ2n) is 6.93. The number of esters is 1. The van der Waals surface area contributed by atoms with E-state index >= 15 is 0 Å². The number of para-hydroxylation sites is 1. The van der Waals surface area contributed by atoms with Crippen LogP contribution in [0.1, 0.15) is 26.7 Å². The number of nitrogens with zero attached hydrogens (tertiary/aromatic N) is 1. The van der Waals surface area contributed by atoms with E-state index in [2.05, 4.69) is 13.5 Å². The van der Waals surface area contributed by atoms with Crippen molar-refractivity contribution in [2.24, 2.45) is 0 Å². The van der Waals surface area contributed by atoms with E-state index in [-0.39, 0.29) is 12.4 Å². The highest BCUT2D eigenvalue weighted by Gasteiger charge is 2.11. The number of hydrogen-bond acceptors (Lipinski definition) is 4. The molecule has 150 valence electrons. The zero-order chi connectivity index (χ0) is 20.8. The van der Waals surface area contributed by atoms with E-state index in [1.54, 1.807) is 19.1 Å². The SMILES string of the molecule is C=C(C)C(=O)OCOc1ccc(-c2cc3ccccc3n(CCCC)c2=O)cc1. The van der Waals surface area contributed by atoms with Gasteiger partial charge in [0.15, 0.2) is 0 Å². The van der Waals surface area contributed by atoms with Crippen LogP contribution in [0.15, 0.2) is 71.5 Å². The third-order valence-electron chi connectivity index (χ3n) is 4.67. The molecule has 0 saturated carbocycles. The molecule has 0 unspecified atom stereocenters. The van der Waals surface area contributed by atoms with Crippen molar-refractivity contribution in [3.8, 4) is 16.9 Å². The van der Waals surface area contributed by atoms with Crippen LogP contribution >= 0.6 is 0 Å². The number of pyridine rings is 1. The summed E-state index contributed by atoms with van der Waals surface area (Å²) in [5.74, 6) is 0.0563. The lowest BCUT2D eigenvalue weighted by Gasteiger charge is -2.13. The van der Waals surface area contributed by atoms with Gasteiger partial charge in [0.05, 0.1) is 5.52 Å². The fourth-order valence-corrected chi connectivity index (χ4v) is 3.08. The molecule has 0 fully saturated rings. The van der Waals surface area contributed by atoms with Gasteiger partial charge in [-0.3, -0.25) is 4.79 Å². The summed E-state index contributed by atoms with van der Waals surface area (Å²) in [6, 6.07) is 17.1. The van der Waals surface area contributed by atoms with E-state index in [9.17, 15) is 9.59 Å². The van der Waals surface area contributed by atoms with Gasteiger partial charge < -0.3 is 14.0 Å². The number of rotatable bonds is 8. The number of hydrogen-bond donors (Lipinski definition) is 0. The van der Waals surface area contributed by atoms with Crippen molar-refractivity contribution in [1.82, 2.24) is 4.57 Å². The standard InChI is InChI=1S/C24H25NO4/c1-4-5-14-25-22-9-7-6-8-19(22)15-21(23(25)26)18-10-12-20(13-11-18)28-16-29-24(27)17(2)3/h6-13,15H,2,4-5,14,16H2,1,3H3. The smallest absolute Gasteiger partial charge is 0.335 e. The summed E-state index contributed by atoms with van der Waals surface area (Å²) in [6.45, 7) is 7.72. The summed E-state index contributed by atoms with van der Waals surface area (Å²) in [7, 11) is 0. The van der Waals surface area contributed by atoms with Crippen LogP contribution in [0.4, 0.5) is 0 Å². The molecule has 0 saturated heterocycles. The highest BCUT2D eigenvalue weighted by Crippen LogP contribution is 2.24. The summed E-state index contributed by atoms with van der Waals surface area (Å²) in [6.07, 6.45) is 1.97. The molecule has 0 bridgehead atoms. The van der Waals surface area contributed by atoms with Gasteiger partial charge >= 0.3 is 5.97 Å². The van der Waals surface area contributed by atoms with Crippen LogP contribution in [-0.2, 0) is 16.1 Å². The monoisotopic (exact) mass is 391 g/mol. The molecule has 2 aromatic carbocycles. The Morgan fingerprint density at radius 2 is 1.83 bits per heavy atom. The molecule has 0 N–H and O–H groups in total. The zero-order valence-corrected chi connectivity index (χ0v) is 16.8. The topological polar surface area (TPSA) is 57.5 Å². The number of unbranched alkanes of at least 4 members (excludes halogenated alkanes) is 1. The summed E-state index contributed by atoms with van der Waals surface area (Å²) >= 11 is 0. The Labute approximate surface area is 170 Å². The van der Waals surface area contributed by atoms with Crippen LogP contribution in [0.25, 0.3) is 22.0 Å². The van der Waals surface area contributed by atoms with Crippen molar-refractivity contribution >= 4 is 16.9 Å². The molecule has 3 rings (SSSR count). The molecule has 0 atom stereocenters. The fraction of sp³-hybridized carbons (Fsp3) is 0.250. The lowest BCUT2D eigenvalue weighted by Crippen LogP contribution is -2.22. The summed E-state index contributed by atoms with van der Waals surface area (Å²) in [5.41, 5.74) is 2.74. The molecule has 1 aromatic heterocycles. The number of aryl methyl sites for hydroxylation is 1. The van der Waals surface area contributed by atoms with E-state index < -0.39 is 5.97 Å². The van der Waals surface area contributed by atoms with Gasteiger partial charge in [0.2, 0.25) is 6.79 Å². The van der Waals surface area contributed by atoms with Crippen molar-refractivity contribution in [1.29, 1.82) is 0 Å². The largest absolute Gasteiger partial charge is 0.457 e. The van der Waals surface area contributed by atoms with Gasteiger partial charge in [0.1, 0.15) is 5.75 Å². The number of carbonyl (C=O) groups excluding carboxylic acids is 1. The summed E-state index contributed by atoms with van der Waals surface area (Å²) in [5, 5.41) is 1.03. The van der Waals surface area contributed by atoms with E-state index in [0.29, 0.717) is 23.4 Å². The highest BCUT2D eigenvalue weighted by atomic mass is 16.7. The third kappa shape index (κ3) is 4.74. The van der Waals surface area contributed by atoms with Gasteiger partial charge in [-0.05, 0) is 48.6 Å². The second-order valence-corrected chi connectivity index (χ2v) is 6.93. The van der Waals surface area contributed by atoms with Crippen molar-refractivity contribution in [2.45, 2.75) is 33.2 Å². The van der Waals surface area contributed by atoms with E-state index in [0.717, 1.165) is 29.3 Å². The Bertz CT molecular complexity index is 1080. The first-order chi connectivity index (χ1) is 14.0. The molecular weight excluding hydrogens is 366 g/mol. The van der Waals surface area contributed by atoms with Gasteiger partial charge in [-0.1, -0.05) is 50.3 Å². The number of ether oxygens (including phenoxy) is 2. The molecule has 29 heavy (non-hydrogen) atoms. The molecule has 0 aliphatic heterocycles. The van der Waals surface area contributed by atoms with Crippen LogP contribution in [0.2, 0.25) is 0 Å². The average Bonchev–Trinajstić information content (AvgIpc) is 2.73. The van der Waals surface area contributed by atoms with E-state index in [4.69, 9.17) is 9.47 Å². The third-order valence-corrected chi connectivity index (χ3v) is 4.67. The van der Waals surface area contributed by atoms with Crippen molar-refractivity contribution in [3.63, 3.8) is 0 Å². The van der Waals surface area contributed by atoms with E-state index in [1.807, 2.05) is 47.0 Å². The fourth-order valence-electron chi connectivity index (χ4n) is 3.08. The molecule has 3 aromatic rings. The van der Waals surface area contributed by atoms with Crippen LogP contribution in [0, 0.1) is 0 Å². The zero-order valence-electron chi connectivity index (χ0n) is 16.8. The maximum absolute atomic E-state index is 13.2.